The quantitative estimate of drug-likeness (QED) is 0.646. The molecule has 0 saturated carbocycles. The van der Waals surface area contributed by atoms with Crippen LogP contribution in [-0.2, 0) is 11.3 Å². The maximum Gasteiger partial charge on any atom is 0.246 e. The second-order valence-electron chi connectivity index (χ2n) is 6.16. The van der Waals surface area contributed by atoms with E-state index in [1.54, 1.807) is 19.2 Å². The zero-order valence-electron chi connectivity index (χ0n) is 15.4. The molecule has 0 aliphatic heterocycles. The van der Waals surface area contributed by atoms with E-state index in [9.17, 15) is 9.18 Å². The summed E-state index contributed by atoms with van der Waals surface area (Å²) in [7, 11) is 3.08. The lowest BCUT2D eigenvalue weighted by Crippen LogP contribution is -2.25. The van der Waals surface area contributed by atoms with Crippen molar-refractivity contribution in [2.75, 3.05) is 14.2 Å². The average Bonchev–Trinajstić information content (AvgIpc) is 2.66. The summed E-state index contributed by atoms with van der Waals surface area (Å²) in [6.07, 6.45) is 2.96. The molecule has 0 spiro atoms. The third-order valence-electron chi connectivity index (χ3n) is 4.19. The number of fused-ring (bicyclic) bond motifs is 1. The molecule has 1 amide bonds. The highest BCUT2D eigenvalue weighted by Gasteiger charge is 2.10. The zero-order chi connectivity index (χ0) is 19.4. The molecule has 0 aliphatic carbocycles. The Balaban J connectivity index is 1.71. The van der Waals surface area contributed by atoms with Gasteiger partial charge in [-0.15, -0.1) is 0 Å². The largest absolute Gasteiger partial charge is 0.494 e. The summed E-state index contributed by atoms with van der Waals surface area (Å²) in [4.78, 5) is 22.9. The smallest absolute Gasteiger partial charge is 0.246 e. The number of para-hydroxylation sites is 1. The highest BCUT2D eigenvalue weighted by atomic mass is 19.1. The van der Waals surface area contributed by atoms with Crippen molar-refractivity contribution in [2.45, 2.75) is 13.5 Å². The lowest BCUT2D eigenvalue weighted by Gasteiger charge is -2.15. The number of hydrogen-bond acceptors (Lipinski definition) is 4. The SMILES string of the molecule is COc1ccc(/C=C/C(=O)N(C)Cc2nc(C)c3ccccc3n2)cc1F. The molecule has 138 valence electrons. The predicted molar refractivity (Wildman–Crippen MR) is 103 cm³/mol. The van der Waals surface area contributed by atoms with Crippen molar-refractivity contribution in [3.8, 4) is 5.75 Å². The molecule has 1 heterocycles. The van der Waals surface area contributed by atoms with Gasteiger partial charge in [-0.25, -0.2) is 14.4 Å². The second-order valence-corrected chi connectivity index (χ2v) is 6.16. The number of aromatic nitrogens is 2. The first-order valence-electron chi connectivity index (χ1n) is 8.47. The van der Waals surface area contributed by atoms with Crippen molar-refractivity contribution in [1.82, 2.24) is 14.9 Å². The predicted octanol–water partition coefficient (Wildman–Crippen LogP) is 3.76. The van der Waals surface area contributed by atoms with Crippen molar-refractivity contribution >= 4 is 22.9 Å². The molecular weight excluding hydrogens is 345 g/mol. The number of aryl methyl sites for hydroxylation is 1. The molecule has 6 heteroatoms. The number of halogens is 1. The van der Waals surface area contributed by atoms with Crippen LogP contribution in [0.5, 0.6) is 5.75 Å². The van der Waals surface area contributed by atoms with Crippen LogP contribution in [0, 0.1) is 12.7 Å². The molecule has 2 aromatic carbocycles. The monoisotopic (exact) mass is 365 g/mol. The fourth-order valence-corrected chi connectivity index (χ4v) is 2.74. The number of amides is 1. The van der Waals surface area contributed by atoms with E-state index < -0.39 is 5.82 Å². The first-order valence-corrected chi connectivity index (χ1v) is 8.47. The van der Waals surface area contributed by atoms with Crippen LogP contribution < -0.4 is 4.74 Å². The Hall–Kier alpha value is -3.28. The molecule has 0 aliphatic rings. The van der Waals surface area contributed by atoms with Gasteiger partial charge in [-0.1, -0.05) is 24.3 Å². The Bertz CT molecular complexity index is 1020. The van der Waals surface area contributed by atoms with Gasteiger partial charge in [0.25, 0.3) is 0 Å². The minimum Gasteiger partial charge on any atom is -0.494 e. The summed E-state index contributed by atoms with van der Waals surface area (Å²) < 4.78 is 18.6. The van der Waals surface area contributed by atoms with Crippen LogP contribution in [0.2, 0.25) is 0 Å². The first kappa shape index (κ1) is 18.5. The number of benzene rings is 2. The third-order valence-corrected chi connectivity index (χ3v) is 4.19. The Morgan fingerprint density at radius 1 is 1.22 bits per heavy atom. The summed E-state index contributed by atoms with van der Waals surface area (Å²) in [6.45, 7) is 2.21. The van der Waals surface area contributed by atoms with E-state index in [-0.39, 0.29) is 18.2 Å². The standard InChI is InChI=1S/C21H20FN3O2/c1-14-16-6-4-5-7-18(16)24-20(23-14)13-25(2)21(26)11-9-15-8-10-19(27-3)17(22)12-15/h4-12H,13H2,1-3H3/b11-9+. The summed E-state index contributed by atoms with van der Waals surface area (Å²) in [5, 5.41) is 0.997. The van der Waals surface area contributed by atoms with Gasteiger partial charge in [-0.3, -0.25) is 4.79 Å². The molecular formula is C21H20FN3O2. The average molecular weight is 365 g/mol. The van der Waals surface area contributed by atoms with E-state index in [0.29, 0.717) is 11.4 Å². The molecule has 27 heavy (non-hydrogen) atoms. The topological polar surface area (TPSA) is 55.3 Å². The van der Waals surface area contributed by atoms with E-state index in [0.717, 1.165) is 16.6 Å². The van der Waals surface area contributed by atoms with Gasteiger partial charge in [-0.2, -0.15) is 0 Å². The van der Waals surface area contributed by atoms with Gasteiger partial charge in [-0.05, 0) is 36.8 Å². The molecule has 0 bridgehead atoms. The van der Waals surface area contributed by atoms with Crippen LogP contribution in [-0.4, -0.2) is 34.9 Å². The molecule has 0 saturated heterocycles. The van der Waals surface area contributed by atoms with Crippen molar-refractivity contribution in [2.24, 2.45) is 0 Å². The minimum absolute atomic E-state index is 0.166. The number of nitrogens with zero attached hydrogens (tertiary/aromatic N) is 3. The van der Waals surface area contributed by atoms with Gasteiger partial charge >= 0.3 is 0 Å². The van der Waals surface area contributed by atoms with Crippen LogP contribution in [0.3, 0.4) is 0 Å². The molecule has 0 radical (unpaired) electrons. The molecule has 0 N–H and O–H groups in total. The molecule has 0 atom stereocenters. The Morgan fingerprint density at radius 2 is 2.00 bits per heavy atom. The Morgan fingerprint density at radius 3 is 2.74 bits per heavy atom. The van der Waals surface area contributed by atoms with Gasteiger partial charge in [0.2, 0.25) is 5.91 Å². The molecule has 3 aromatic rings. The summed E-state index contributed by atoms with van der Waals surface area (Å²) in [6, 6.07) is 12.3. The van der Waals surface area contributed by atoms with Crippen LogP contribution in [0.15, 0.2) is 48.5 Å². The van der Waals surface area contributed by atoms with Crippen molar-refractivity contribution < 1.29 is 13.9 Å². The third kappa shape index (κ3) is 4.28. The van der Waals surface area contributed by atoms with E-state index in [1.165, 1.54) is 30.2 Å². The lowest BCUT2D eigenvalue weighted by atomic mass is 10.2. The minimum atomic E-state index is -0.472. The van der Waals surface area contributed by atoms with Gasteiger partial charge in [0.1, 0.15) is 5.82 Å². The fourth-order valence-electron chi connectivity index (χ4n) is 2.74. The summed E-state index contributed by atoms with van der Waals surface area (Å²) >= 11 is 0. The van der Waals surface area contributed by atoms with Crippen LogP contribution in [0.1, 0.15) is 17.1 Å². The van der Waals surface area contributed by atoms with Crippen LogP contribution >= 0.6 is 0 Å². The van der Waals surface area contributed by atoms with E-state index in [1.807, 2.05) is 31.2 Å². The van der Waals surface area contributed by atoms with Crippen molar-refractivity contribution in [3.05, 3.63) is 71.4 Å². The molecule has 3 rings (SSSR count). The molecule has 5 nitrogen and oxygen atoms in total. The molecule has 1 aromatic heterocycles. The number of methoxy groups -OCH3 is 1. The van der Waals surface area contributed by atoms with E-state index >= 15 is 0 Å². The maximum absolute atomic E-state index is 13.7. The number of ether oxygens (including phenoxy) is 1. The van der Waals surface area contributed by atoms with Gasteiger partial charge < -0.3 is 9.64 Å². The maximum atomic E-state index is 13.7. The Labute approximate surface area is 157 Å². The van der Waals surface area contributed by atoms with Gasteiger partial charge in [0.05, 0.1) is 19.2 Å². The first-order chi connectivity index (χ1) is 13.0. The van der Waals surface area contributed by atoms with Crippen LogP contribution in [0.25, 0.3) is 17.0 Å². The number of carbonyl (C=O) groups is 1. The number of rotatable bonds is 5. The van der Waals surface area contributed by atoms with Crippen molar-refractivity contribution in [1.29, 1.82) is 0 Å². The highest BCUT2D eigenvalue weighted by molar-refractivity contribution is 5.91. The molecule has 0 fully saturated rings. The van der Waals surface area contributed by atoms with Gasteiger partial charge in [0.15, 0.2) is 11.6 Å². The summed E-state index contributed by atoms with van der Waals surface area (Å²) in [5.41, 5.74) is 2.30. The van der Waals surface area contributed by atoms with E-state index in [2.05, 4.69) is 9.97 Å². The number of likely N-dealkylation sites (N-methyl/N-ethyl adjacent to an activating group) is 1. The number of carbonyl (C=O) groups excluding carboxylic acids is 1. The lowest BCUT2D eigenvalue weighted by molar-refractivity contribution is -0.125. The number of hydrogen-bond donors (Lipinski definition) is 0. The fraction of sp³-hybridized carbons (Fsp3) is 0.190. The Kier molecular flexibility index (Phi) is 5.45. The highest BCUT2D eigenvalue weighted by Crippen LogP contribution is 2.19. The van der Waals surface area contributed by atoms with Crippen molar-refractivity contribution in [3.63, 3.8) is 0 Å². The normalized spacial score (nSPS) is 11.1. The van der Waals surface area contributed by atoms with Crippen LogP contribution in [0.4, 0.5) is 4.39 Å². The summed E-state index contributed by atoms with van der Waals surface area (Å²) in [5.74, 6) is 0.0477. The zero-order valence-corrected chi connectivity index (χ0v) is 15.4. The molecule has 0 unspecified atom stereocenters. The van der Waals surface area contributed by atoms with E-state index in [4.69, 9.17) is 4.74 Å². The second kappa shape index (κ2) is 7.95. The van der Waals surface area contributed by atoms with Gasteiger partial charge in [0, 0.05) is 24.2 Å².